The smallest absolute Gasteiger partial charge is 0.131 e. The average molecular weight is 267 g/mol. The topological polar surface area (TPSA) is 35.2 Å². The highest BCUT2D eigenvalue weighted by Gasteiger charge is 2.08. The first-order valence-corrected chi connectivity index (χ1v) is 5.65. The molecule has 100 valence electrons. The maximum atomic E-state index is 13.4. The molecule has 0 saturated carbocycles. The number of hydrogen-bond acceptors (Lipinski definition) is 2. The summed E-state index contributed by atoms with van der Waals surface area (Å²) >= 11 is 0. The van der Waals surface area contributed by atoms with Crippen LogP contribution in [0.3, 0.4) is 0 Å². The Morgan fingerprint density at radius 1 is 1.00 bits per heavy atom. The highest BCUT2D eigenvalue weighted by atomic mass is 19.1. The van der Waals surface area contributed by atoms with Gasteiger partial charge in [0, 0.05) is 18.2 Å². The van der Waals surface area contributed by atoms with Crippen molar-refractivity contribution < 1.29 is 17.9 Å². The van der Waals surface area contributed by atoms with Crippen LogP contribution in [0, 0.1) is 17.5 Å². The van der Waals surface area contributed by atoms with E-state index in [1.165, 1.54) is 12.1 Å². The fourth-order valence-corrected chi connectivity index (χ4v) is 1.73. The number of halogens is 3. The zero-order valence-corrected chi connectivity index (χ0v) is 10.00. The molecule has 0 amide bonds. The monoisotopic (exact) mass is 267 g/mol. The van der Waals surface area contributed by atoms with Crippen LogP contribution in [0.2, 0.25) is 0 Å². The zero-order chi connectivity index (χ0) is 13.8. The van der Waals surface area contributed by atoms with Crippen molar-refractivity contribution in [1.29, 1.82) is 0 Å². The average Bonchev–Trinajstić information content (AvgIpc) is 2.35. The minimum absolute atomic E-state index is 0.0144. The molecule has 19 heavy (non-hydrogen) atoms. The summed E-state index contributed by atoms with van der Waals surface area (Å²) < 4.78 is 44.8. The molecule has 0 saturated heterocycles. The molecule has 2 aromatic rings. The van der Waals surface area contributed by atoms with E-state index in [-0.39, 0.29) is 24.5 Å². The molecule has 0 fully saturated rings. The second kappa shape index (κ2) is 5.75. The Labute approximate surface area is 108 Å². The molecular weight excluding hydrogens is 255 g/mol. The van der Waals surface area contributed by atoms with Crippen molar-refractivity contribution in [3.63, 3.8) is 0 Å². The molecular formula is C14H12F3NO. The van der Waals surface area contributed by atoms with E-state index in [0.717, 1.165) is 18.2 Å². The van der Waals surface area contributed by atoms with Crippen molar-refractivity contribution in [3.05, 3.63) is 65.0 Å². The van der Waals surface area contributed by atoms with Crippen molar-refractivity contribution in [2.75, 3.05) is 0 Å². The van der Waals surface area contributed by atoms with Crippen LogP contribution in [0.4, 0.5) is 13.2 Å². The SMILES string of the molecule is NCc1c(F)cccc1OCc1cc(F)cc(F)c1. The molecule has 0 aliphatic rings. The van der Waals surface area contributed by atoms with Crippen molar-refractivity contribution >= 4 is 0 Å². The Balaban J connectivity index is 2.16. The summed E-state index contributed by atoms with van der Waals surface area (Å²) in [6, 6.07) is 7.40. The van der Waals surface area contributed by atoms with Gasteiger partial charge in [-0.2, -0.15) is 0 Å². The van der Waals surface area contributed by atoms with Crippen LogP contribution in [0.5, 0.6) is 5.75 Å². The van der Waals surface area contributed by atoms with Crippen LogP contribution in [-0.4, -0.2) is 0 Å². The van der Waals surface area contributed by atoms with E-state index in [1.54, 1.807) is 6.07 Å². The lowest BCUT2D eigenvalue weighted by molar-refractivity contribution is 0.299. The van der Waals surface area contributed by atoms with E-state index in [4.69, 9.17) is 10.5 Å². The van der Waals surface area contributed by atoms with Crippen molar-refractivity contribution in [2.24, 2.45) is 5.73 Å². The summed E-state index contributed by atoms with van der Waals surface area (Å²) in [5.41, 5.74) is 5.99. The number of nitrogens with two attached hydrogens (primary N) is 1. The lowest BCUT2D eigenvalue weighted by atomic mass is 10.2. The molecule has 0 unspecified atom stereocenters. The maximum Gasteiger partial charge on any atom is 0.131 e. The van der Waals surface area contributed by atoms with Gasteiger partial charge in [0.2, 0.25) is 0 Å². The summed E-state index contributed by atoms with van der Waals surface area (Å²) in [4.78, 5) is 0. The third kappa shape index (κ3) is 3.26. The van der Waals surface area contributed by atoms with E-state index in [9.17, 15) is 13.2 Å². The van der Waals surface area contributed by atoms with Gasteiger partial charge in [-0.3, -0.25) is 0 Å². The van der Waals surface area contributed by atoms with Gasteiger partial charge in [0.05, 0.1) is 0 Å². The van der Waals surface area contributed by atoms with Gasteiger partial charge in [-0.1, -0.05) is 6.07 Å². The van der Waals surface area contributed by atoms with Gasteiger partial charge < -0.3 is 10.5 Å². The number of rotatable bonds is 4. The lowest BCUT2D eigenvalue weighted by Crippen LogP contribution is -2.05. The van der Waals surface area contributed by atoms with Gasteiger partial charge in [0.25, 0.3) is 0 Å². The van der Waals surface area contributed by atoms with E-state index >= 15 is 0 Å². The molecule has 0 bridgehead atoms. The van der Waals surface area contributed by atoms with E-state index in [1.807, 2.05) is 0 Å². The van der Waals surface area contributed by atoms with Crippen LogP contribution in [0.1, 0.15) is 11.1 Å². The summed E-state index contributed by atoms with van der Waals surface area (Å²) in [7, 11) is 0. The van der Waals surface area contributed by atoms with E-state index < -0.39 is 17.5 Å². The van der Waals surface area contributed by atoms with Crippen LogP contribution < -0.4 is 10.5 Å². The third-order valence-corrected chi connectivity index (χ3v) is 2.60. The van der Waals surface area contributed by atoms with Gasteiger partial charge in [-0.15, -0.1) is 0 Å². The molecule has 0 aliphatic carbocycles. The summed E-state index contributed by atoms with van der Waals surface area (Å²) in [6.45, 7) is -0.0787. The molecule has 5 heteroatoms. The predicted octanol–water partition coefficient (Wildman–Crippen LogP) is 3.14. The van der Waals surface area contributed by atoms with Gasteiger partial charge in [-0.05, 0) is 29.8 Å². The van der Waals surface area contributed by atoms with Crippen molar-refractivity contribution in [2.45, 2.75) is 13.2 Å². The molecule has 0 spiro atoms. The van der Waals surface area contributed by atoms with E-state index in [2.05, 4.69) is 0 Å². The number of benzene rings is 2. The summed E-state index contributed by atoms with van der Waals surface area (Å²) in [6.07, 6.45) is 0. The molecule has 0 atom stereocenters. The van der Waals surface area contributed by atoms with Crippen LogP contribution in [-0.2, 0) is 13.2 Å². The van der Waals surface area contributed by atoms with Crippen LogP contribution >= 0.6 is 0 Å². The fourth-order valence-electron chi connectivity index (χ4n) is 1.73. The van der Waals surface area contributed by atoms with Gasteiger partial charge in [-0.25, -0.2) is 13.2 Å². The van der Waals surface area contributed by atoms with Gasteiger partial charge in [0.1, 0.15) is 29.8 Å². The first-order chi connectivity index (χ1) is 9.10. The normalized spacial score (nSPS) is 10.5. The predicted molar refractivity (Wildman–Crippen MR) is 65.0 cm³/mol. The van der Waals surface area contributed by atoms with Crippen molar-refractivity contribution in [3.8, 4) is 5.75 Å². The molecule has 2 nitrogen and oxygen atoms in total. The molecule has 0 aromatic heterocycles. The molecule has 0 aliphatic heterocycles. The zero-order valence-electron chi connectivity index (χ0n) is 10.00. The molecule has 2 rings (SSSR count). The first-order valence-electron chi connectivity index (χ1n) is 5.65. The molecule has 2 aromatic carbocycles. The Morgan fingerprint density at radius 2 is 1.68 bits per heavy atom. The second-order valence-corrected chi connectivity index (χ2v) is 3.99. The van der Waals surface area contributed by atoms with Gasteiger partial charge in [0.15, 0.2) is 0 Å². The van der Waals surface area contributed by atoms with Crippen molar-refractivity contribution in [1.82, 2.24) is 0 Å². The lowest BCUT2D eigenvalue weighted by Gasteiger charge is -2.11. The standard InChI is InChI=1S/C14H12F3NO/c15-10-4-9(5-11(16)6-10)8-19-14-3-1-2-13(17)12(14)7-18/h1-6H,7-8,18H2. The Morgan fingerprint density at radius 3 is 2.32 bits per heavy atom. The number of hydrogen-bond donors (Lipinski definition) is 1. The first kappa shape index (κ1) is 13.4. The summed E-state index contributed by atoms with van der Waals surface area (Å²) in [5.74, 6) is -1.56. The Hall–Kier alpha value is -2.01. The maximum absolute atomic E-state index is 13.4. The minimum atomic E-state index is -0.683. The highest BCUT2D eigenvalue weighted by Crippen LogP contribution is 2.22. The van der Waals surface area contributed by atoms with Gasteiger partial charge >= 0.3 is 0 Å². The Bertz CT molecular complexity index is 567. The molecule has 0 heterocycles. The molecule has 2 N–H and O–H groups in total. The number of ether oxygens (including phenoxy) is 1. The van der Waals surface area contributed by atoms with Crippen LogP contribution in [0.25, 0.3) is 0 Å². The summed E-state index contributed by atoms with van der Waals surface area (Å²) in [5, 5.41) is 0. The second-order valence-electron chi connectivity index (χ2n) is 3.99. The Kier molecular flexibility index (Phi) is 4.06. The third-order valence-electron chi connectivity index (χ3n) is 2.60. The highest BCUT2D eigenvalue weighted by molar-refractivity contribution is 5.34. The molecule has 0 radical (unpaired) electrons. The quantitative estimate of drug-likeness (QED) is 0.923. The van der Waals surface area contributed by atoms with Crippen LogP contribution in [0.15, 0.2) is 36.4 Å². The minimum Gasteiger partial charge on any atom is -0.488 e. The van der Waals surface area contributed by atoms with E-state index in [0.29, 0.717) is 5.56 Å². The largest absolute Gasteiger partial charge is 0.488 e. The fraction of sp³-hybridized carbons (Fsp3) is 0.143.